The highest BCUT2D eigenvalue weighted by atomic mass is 16.5. The number of aliphatic carboxylic acids is 2. The van der Waals surface area contributed by atoms with Crippen LogP contribution in [0.1, 0.15) is 45.6 Å². The fourth-order valence-electron chi connectivity index (χ4n) is 2.41. The summed E-state index contributed by atoms with van der Waals surface area (Å²) >= 11 is 0. The summed E-state index contributed by atoms with van der Waals surface area (Å²) in [4.78, 5) is 30.7. The van der Waals surface area contributed by atoms with Crippen molar-refractivity contribution in [1.29, 1.82) is 0 Å². The van der Waals surface area contributed by atoms with Crippen LogP contribution in [0, 0.1) is 0 Å². The maximum Gasteiger partial charge on any atom is 0.303 e. The molecule has 162 valence electrons. The Hall–Kier alpha value is -2.65. The van der Waals surface area contributed by atoms with Crippen molar-refractivity contribution >= 4 is 23.5 Å². The van der Waals surface area contributed by atoms with Gasteiger partial charge in [-0.1, -0.05) is 6.07 Å². The molecule has 0 bridgehead atoms. The third kappa shape index (κ3) is 10.5. The van der Waals surface area contributed by atoms with E-state index in [1.165, 1.54) is 0 Å². The number of hydrogen-bond donors (Lipinski definition) is 5. The van der Waals surface area contributed by atoms with Gasteiger partial charge in [0.2, 0.25) is 5.91 Å². The lowest BCUT2D eigenvalue weighted by Gasteiger charge is -2.24. The maximum atomic E-state index is 11.4. The van der Waals surface area contributed by atoms with E-state index in [0.717, 1.165) is 17.0 Å². The molecule has 0 fully saturated rings. The van der Waals surface area contributed by atoms with Crippen molar-refractivity contribution in [2.24, 2.45) is 0 Å². The molecule has 1 aromatic rings. The van der Waals surface area contributed by atoms with E-state index in [1.54, 1.807) is 0 Å². The van der Waals surface area contributed by atoms with Crippen LogP contribution >= 0.6 is 0 Å². The second-order valence-corrected chi connectivity index (χ2v) is 7.71. The Balaban J connectivity index is 0.000000447. The fraction of sp³-hybridized carbons (Fsp3) is 0.550. The van der Waals surface area contributed by atoms with Gasteiger partial charge in [0.1, 0.15) is 18.5 Å². The van der Waals surface area contributed by atoms with Crippen LogP contribution in [0.25, 0.3) is 0 Å². The quantitative estimate of drug-likeness (QED) is 0.435. The molecule has 1 unspecified atom stereocenters. The summed E-state index contributed by atoms with van der Waals surface area (Å²) < 4.78 is 5.73. The molecule has 0 saturated carbocycles. The monoisotopic (exact) mass is 410 g/mol. The van der Waals surface area contributed by atoms with Gasteiger partial charge < -0.3 is 30.7 Å². The zero-order valence-electron chi connectivity index (χ0n) is 17.0. The van der Waals surface area contributed by atoms with Crippen molar-refractivity contribution in [3.63, 3.8) is 0 Å². The number of aliphatic hydroxyl groups excluding tert-OH is 1. The number of β-amino-alcohol motifs (C(OH)–C–C–N with tert-alkyl or cyclic N) is 1. The smallest absolute Gasteiger partial charge is 0.303 e. The van der Waals surface area contributed by atoms with Gasteiger partial charge in [-0.15, -0.1) is 0 Å². The standard InChI is InChI=1S/C16H24N2O3.C4H6O4/c1-16(2,3)17-9-11(19)10-21-14-6-4-5-13-12(14)7-8-15(20)18-13;5-3(6)1-2-4(7)8/h4-6,11,17,19H,7-10H2,1-3H3,(H,18,20);1-2H2,(H,5,6)(H,7,8). The Morgan fingerprint density at radius 3 is 2.34 bits per heavy atom. The number of benzene rings is 1. The minimum absolute atomic E-state index is 0.0306. The molecule has 9 heteroatoms. The molecular weight excluding hydrogens is 380 g/mol. The number of nitrogens with one attached hydrogen (secondary N) is 2. The number of carbonyl (C=O) groups is 3. The molecule has 0 spiro atoms. The highest BCUT2D eigenvalue weighted by Crippen LogP contribution is 2.31. The van der Waals surface area contributed by atoms with E-state index >= 15 is 0 Å². The molecule has 29 heavy (non-hydrogen) atoms. The summed E-state index contributed by atoms with van der Waals surface area (Å²) in [6, 6.07) is 5.59. The van der Waals surface area contributed by atoms with E-state index in [9.17, 15) is 19.5 Å². The van der Waals surface area contributed by atoms with Crippen LogP contribution in [0.5, 0.6) is 5.75 Å². The van der Waals surface area contributed by atoms with Crippen LogP contribution in [0.15, 0.2) is 18.2 Å². The zero-order valence-corrected chi connectivity index (χ0v) is 17.0. The predicted octanol–water partition coefficient (Wildman–Crippen LogP) is 1.63. The Bertz CT molecular complexity index is 699. The van der Waals surface area contributed by atoms with Crippen molar-refractivity contribution in [3.05, 3.63) is 23.8 Å². The van der Waals surface area contributed by atoms with Gasteiger partial charge in [-0.25, -0.2) is 0 Å². The Morgan fingerprint density at radius 1 is 1.17 bits per heavy atom. The van der Waals surface area contributed by atoms with E-state index in [0.29, 0.717) is 19.4 Å². The summed E-state index contributed by atoms with van der Waals surface area (Å²) in [5.41, 5.74) is 1.79. The molecule has 5 N–H and O–H groups in total. The van der Waals surface area contributed by atoms with Gasteiger partial charge >= 0.3 is 11.9 Å². The van der Waals surface area contributed by atoms with Crippen LogP contribution < -0.4 is 15.4 Å². The summed E-state index contributed by atoms with van der Waals surface area (Å²) in [7, 11) is 0. The van der Waals surface area contributed by atoms with E-state index in [4.69, 9.17) is 14.9 Å². The number of carboxylic acid groups (broad SMARTS) is 2. The first-order chi connectivity index (χ1) is 13.5. The van der Waals surface area contributed by atoms with Gasteiger partial charge in [0.05, 0.1) is 12.8 Å². The lowest BCUT2D eigenvalue weighted by Crippen LogP contribution is -2.42. The molecule has 1 aliphatic rings. The first kappa shape index (κ1) is 24.4. The van der Waals surface area contributed by atoms with Gasteiger partial charge in [-0.3, -0.25) is 14.4 Å². The van der Waals surface area contributed by atoms with Gasteiger partial charge in [0.15, 0.2) is 0 Å². The number of anilines is 1. The van der Waals surface area contributed by atoms with E-state index in [2.05, 4.69) is 31.4 Å². The van der Waals surface area contributed by atoms with Gasteiger partial charge in [0.25, 0.3) is 0 Å². The minimum atomic E-state index is -1.08. The molecule has 0 saturated heterocycles. The third-order valence-corrected chi connectivity index (χ3v) is 3.86. The summed E-state index contributed by atoms with van der Waals surface area (Å²) in [6.07, 6.45) is -0.0156. The number of carboxylic acids is 2. The molecule has 1 amide bonds. The van der Waals surface area contributed by atoms with Crippen molar-refractivity contribution in [2.75, 3.05) is 18.5 Å². The fourth-order valence-corrected chi connectivity index (χ4v) is 2.41. The number of hydrogen-bond acceptors (Lipinski definition) is 6. The number of rotatable bonds is 8. The molecule has 1 heterocycles. The SMILES string of the molecule is CC(C)(C)NCC(O)COc1cccc2c1CCC(=O)N2.O=C(O)CCC(=O)O. The van der Waals surface area contributed by atoms with Crippen LogP contribution in [-0.2, 0) is 20.8 Å². The largest absolute Gasteiger partial charge is 0.490 e. The molecule has 0 aliphatic carbocycles. The van der Waals surface area contributed by atoms with Crippen LogP contribution in [-0.4, -0.2) is 58.0 Å². The summed E-state index contributed by atoms with van der Waals surface area (Å²) in [6.45, 7) is 6.87. The number of aliphatic hydroxyl groups is 1. The lowest BCUT2D eigenvalue weighted by atomic mass is 10.0. The molecule has 9 nitrogen and oxygen atoms in total. The average Bonchev–Trinajstić information content (AvgIpc) is 2.62. The molecule has 1 aromatic carbocycles. The Morgan fingerprint density at radius 2 is 1.79 bits per heavy atom. The maximum absolute atomic E-state index is 11.4. The van der Waals surface area contributed by atoms with E-state index < -0.39 is 18.0 Å². The van der Waals surface area contributed by atoms with Crippen LogP contribution in [0.4, 0.5) is 5.69 Å². The van der Waals surface area contributed by atoms with E-state index in [1.807, 2.05) is 18.2 Å². The summed E-state index contributed by atoms with van der Waals surface area (Å²) in [5.74, 6) is -1.38. The summed E-state index contributed by atoms with van der Waals surface area (Å²) in [5, 5.41) is 31.8. The number of amides is 1. The predicted molar refractivity (Wildman–Crippen MR) is 107 cm³/mol. The first-order valence-electron chi connectivity index (χ1n) is 9.39. The van der Waals surface area contributed by atoms with Crippen molar-refractivity contribution in [2.45, 2.75) is 58.1 Å². The molecule has 1 atom stereocenters. The minimum Gasteiger partial charge on any atom is -0.490 e. The van der Waals surface area contributed by atoms with Crippen molar-refractivity contribution in [1.82, 2.24) is 5.32 Å². The van der Waals surface area contributed by atoms with Crippen molar-refractivity contribution < 1.29 is 34.4 Å². The lowest BCUT2D eigenvalue weighted by molar-refractivity contribution is -0.143. The zero-order chi connectivity index (χ0) is 22.0. The van der Waals surface area contributed by atoms with Gasteiger partial charge in [-0.05, 0) is 39.3 Å². The third-order valence-electron chi connectivity index (χ3n) is 3.86. The molecule has 2 rings (SSSR count). The number of fused-ring (bicyclic) bond motifs is 1. The van der Waals surface area contributed by atoms with Crippen LogP contribution in [0.2, 0.25) is 0 Å². The number of ether oxygens (including phenoxy) is 1. The van der Waals surface area contributed by atoms with E-state index in [-0.39, 0.29) is 30.9 Å². The Kier molecular flexibility index (Phi) is 9.57. The normalized spacial score (nSPS) is 14.0. The molecule has 0 radical (unpaired) electrons. The molecule has 1 aliphatic heterocycles. The second-order valence-electron chi connectivity index (χ2n) is 7.71. The first-order valence-corrected chi connectivity index (χ1v) is 9.39. The Labute approximate surface area is 170 Å². The topological polar surface area (TPSA) is 145 Å². The van der Waals surface area contributed by atoms with Crippen molar-refractivity contribution in [3.8, 4) is 5.75 Å². The van der Waals surface area contributed by atoms with Gasteiger partial charge in [0, 0.05) is 29.8 Å². The second kappa shape index (κ2) is 11.4. The highest BCUT2D eigenvalue weighted by Gasteiger charge is 2.19. The molecule has 0 aromatic heterocycles. The van der Waals surface area contributed by atoms with Gasteiger partial charge in [-0.2, -0.15) is 0 Å². The van der Waals surface area contributed by atoms with Crippen LogP contribution in [0.3, 0.4) is 0 Å². The average molecular weight is 410 g/mol. The highest BCUT2D eigenvalue weighted by molar-refractivity contribution is 5.94. The number of carbonyl (C=O) groups excluding carboxylic acids is 1. The molecular formula is C20H30N2O7.